The maximum Gasteiger partial charge on any atom is 0.356 e. The fraction of sp³-hybridized carbons (Fsp3) is 0.722. The van der Waals surface area contributed by atoms with Crippen LogP contribution in [0.5, 0.6) is 0 Å². The predicted molar refractivity (Wildman–Crippen MR) is 95.0 cm³/mol. The number of rotatable bonds is 5. The van der Waals surface area contributed by atoms with E-state index in [0.29, 0.717) is 50.7 Å². The number of carbonyl (C=O) groups is 2. The van der Waals surface area contributed by atoms with E-state index in [4.69, 9.17) is 4.74 Å². The van der Waals surface area contributed by atoms with Crippen LogP contribution in [0, 0.1) is 0 Å². The van der Waals surface area contributed by atoms with Crippen LogP contribution >= 0.6 is 0 Å². The van der Waals surface area contributed by atoms with Gasteiger partial charge in [0.25, 0.3) is 0 Å². The zero-order chi connectivity index (χ0) is 18.8. The van der Waals surface area contributed by atoms with Crippen molar-refractivity contribution in [3.8, 4) is 0 Å². The third-order valence-electron chi connectivity index (χ3n) is 5.29. The van der Waals surface area contributed by atoms with Crippen LogP contribution in [-0.2, 0) is 29.0 Å². The number of hydrogen-bond donors (Lipinski definition) is 1. The Morgan fingerprint density at radius 2 is 2.12 bits per heavy atom. The van der Waals surface area contributed by atoms with Crippen LogP contribution in [0.2, 0.25) is 0 Å². The minimum atomic E-state index is -1.04. The van der Waals surface area contributed by atoms with Gasteiger partial charge < -0.3 is 14.7 Å². The summed E-state index contributed by atoms with van der Waals surface area (Å²) in [6.45, 7) is 10.1. The Labute approximate surface area is 153 Å². The fourth-order valence-electron chi connectivity index (χ4n) is 3.80. The summed E-state index contributed by atoms with van der Waals surface area (Å²) in [5.74, 6) is -1.02. The summed E-state index contributed by atoms with van der Waals surface area (Å²) in [6, 6.07) is 0.437. The highest BCUT2D eigenvalue weighted by Crippen LogP contribution is 2.24. The molecule has 26 heavy (non-hydrogen) atoms. The van der Waals surface area contributed by atoms with Crippen molar-refractivity contribution < 1.29 is 19.4 Å². The quantitative estimate of drug-likeness (QED) is 0.838. The van der Waals surface area contributed by atoms with Crippen molar-refractivity contribution in [2.45, 2.75) is 58.8 Å². The minimum Gasteiger partial charge on any atom is -0.476 e. The summed E-state index contributed by atoms with van der Waals surface area (Å²) < 4.78 is 7.51. The Kier molecular flexibility index (Phi) is 5.62. The van der Waals surface area contributed by atoms with Crippen LogP contribution in [-0.4, -0.2) is 75.0 Å². The maximum absolute atomic E-state index is 12.8. The number of hydrogen-bond acceptors (Lipinski definition) is 5. The standard InChI is InChI=1S/C18H28N4O4/c1-4-22-15-5-6-21(11-14(15)17(19-22)18(24)25)16(23)9-13-10-20(12(2)3)7-8-26-13/h12-13H,4-11H2,1-3H3,(H,24,25)/t13-/m1/s1. The summed E-state index contributed by atoms with van der Waals surface area (Å²) in [5, 5.41) is 13.6. The summed E-state index contributed by atoms with van der Waals surface area (Å²) in [4.78, 5) is 28.3. The van der Waals surface area contributed by atoms with Gasteiger partial charge in [0.05, 0.1) is 19.1 Å². The molecule has 3 heterocycles. The number of ether oxygens (including phenoxy) is 1. The molecular formula is C18H28N4O4. The molecule has 2 aliphatic heterocycles. The Hall–Kier alpha value is -1.93. The van der Waals surface area contributed by atoms with Crippen molar-refractivity contribution >= 4 is 11.9 Å². The van der Waals surface area contributed by atoms with E-state index in [0.717, 1.165) is 18.8 Å². The first-order valence-corrected chi connectivity index (χ1v) is 9.36. The van der Waals surface area contributed by atoms with Gasteiger partial charge in [0.1, 0.15) is 0 Å². The molecule has 1 fully saturated rings. The van der Waals surface area contributed by atoms with Crippen LogP contribution in [0.4, 0.5) is 0 Å². The largest absolute Gasteiger partial charge is 0.476 e. The van der Waals surface area contributed by atoms with Crippen molar-refractivity contribution in [2.24, 2.45) is 0 Å². The number of carboxylic acid groups (broad SMARTS) is 1. The van der Waals surface area contributed by atoms with Gasteiger partial charge in [-0.05, 0) is 20.8 Å². The highest BCUT2D eigenvalue weighted by Gasteiger charge is 2.31. The first kappa shape index (κ1) is 18.8. The Balaban J connectivity index is 1.67. The first-order chi connectivity index (χ1) is 12.4. The monoisotopic (exact) mass is 364 g/mol. The fourth-order valence-corrected chi connectivity index (χ4v) is 3.80. The number of aromatic nitrogens is 2. The predicted octanol–water partition coefficient (Wildman–Crippen LogP) is 0.985. The van der Waals surface area contributed by atoms with E-state index in [9.17, 15) is 14.7 Å². The van der Waals surface area contributed by atoms with E-state index in [1.165, 1.54) is 0 Å². The lowest BCUT2D eigenvalue weighted by atomic mass is 10.0. The summed E-state index contributed by atoms with van der Waals surface area (Å²) >= 11 is 0. The average Bonchev–Trinajstić information content (AvgIpc) is 3.00. The molecule has 1 amide bonds. The van der Waals surface area contributed by atoms with Gasteiger partial charge >= 0.3 is 5.97 Å². The van der Waals surface area contributed by atoms with Gasteiger partial charge in [-0.15, -0.1) is 0 Å². The van der Waals surface area contributed by atoms with Crippen molar-refractivity contribution in [3.63, 3.8) is 0 Å². The van der Waals surface area contributed by atoms with Crippen LogP contribution in [0.3, 0.4) is 0 Å². The van der Waals surface area contributed by atoms with Crippen LogP contribution < -0.4 is 0 Å². The lowest BCUT2D eigenvalue weighted by Crippen LogP contribution is -2.48. The van der Waals surface area contributed by atoms with E-state index in [1.54, 1.807) is 9.58 Å². The molecule has 1 aromatic heterocycles. The van der Waals surface area contributed by atoms with Crippen molar-refractivity contribution in [1.82, 2.24) is 19.6 Å². The highest BCUT2D eigenvalue weighted by molar-refractivity contribution is 5.88. The van der Waals surface area contributed by atoms with Crippen molar-refractivity contribution in [3.05, 3.63) is 17.0 Å². The van der Waals surface area contributed by atoms with E-state index >= 15 is 0 Å². The molecule has 1 N–H and O–H groups in total. The normalized spacial score (nSPS) is 21.1. The zero-order valence-electron chi connectivity index (χ0n) is 15.8. The second kappa shape index (κ2) is 7.75. The first-order valence-electron chi connectivity index (χ1n) is 9.36. The third-order valence-corrected chi connectivity index (χ3v) is 5.29. The van der Waals surface area contributed by atoms with Crippen LogP contribution in [0.15, 0.2) is 0 Å². The Morgan fingerprint density at radius 1 is 1.35 bits per heavy atom. The molecule has 0 unspecified atom stereocenters. The molecule has 0 spiro atoms. The smallest absolute Gasteiger partial charge is 0.356 e. The van der Waals surface area contributed by atoms with E-state index < -0.39 is 5.97 Å². The molecule has 0 saturated carbocycles. The molecule has 1 atom stereocenters. The molecule has 144 valence electrons. The molecule has 1 saturated heterocycles. The molecule has 8 nitrogen and oxygen atoms in total. The number of amides is 1. The molecule has 3 rings (SSSR count). The second-order valence-corrected chi connectivity index (χ2v) is 7.25. The minimum absolute atomic E-state index is 0.0202. The number of carbonyl (C=O) groups excluding carboxylic acids is 1. The van der Waals surface area contributed by atoms with E-state index in [-0.39, 0.29) is 17.7 Å². The highest BCUT2D eigenvalue weighted by atomic mass is 16.5. The van der Waals surface area contributed by atoms with Crippen LogP contribution in [0.1, 0.15) is 48.9 Å². The Morgan fingerprint density at radius 3 is 2.77 bits per heavy atom. The molecule has 1 aromatic rings. The SMILES string of the molecule is CCn1nc(C(=O)O)c2c1CCN(C(=O)C[C@@H]1CN(C(C)C)CCO1)C2. The second-order valence-electron chi connectivity index (χ2n) is 7.25. The number of morpholine rings is 1. The van der Waals surface area contributed by atoms with Gasteiger partial charge in [-0.25, -0.2) is 4.79 Å². The molecule has 8 heteroatoms. The van der Waals surface area contributed by atoms with Crippen LogP contribution in [0.25, 0.3) is 0 Å². The van der Waals surface area contributed by atoms with Gasteiger partial charge in [0.15, 0.2) is 5.69 Å². The van der Waals surface area contributed by atoms with Crippen molar-refractivity contribution in [2.75, 3.05) is 26.2 Å². The molecule has 0 aliphatic carbocycles. The molecular weight excluding hydrogens is 336 g/mol. The van der Waals surface area contributed by atoms with Gasteiger partial charge in [-0.1, -0.05) is 0 Å². The number of nitrogens with zero attached hydrogens (tertiary/aromatic N) is 4. The van der Waals surface area contributed by atoms with Gasteiger partial charge in [-0.3, -0.25) is 14.4 Å². The molecule has 0 radical (unpaired) electrons. The summed E-state index contributed by atoms with van der Waals surface area (Å²) in [7, 11) is 0. The van der Waals surface area contributed by atoms with Gasteiger partial charge in [-0.2, -0.15) is 5.10 Å². The lowest BCUT2D eigenvalue weighted by molar-refractivity contribution is -0.137. The topological polar surface area (TPSA) is 87.9 Å². The average molecular weight is 364 g/mol. The Bertz CT molecular complexity index is 685. The third kappa shape index (κ3) is 3.76. The number of aromatic carboxylic acids is 1. The zero-order valence-corrected chi connectivity index (χ0v) is 15.8. The van der Waals surface area contributed by atoms with Gasteiger partial charge in [0.2, 0.25) is 5.91 Å². The molecule has 0 bridgehead atoms. The van der Waals surface area contributed by atoms with Gasteiger partial charge in [0, 0.05) is 56.4 Å². The number of carboxylic acids is 1. The number of aryl methyl sites for hydroxylation is 1. The lowest BCUT2D eigenvalue weighted by Gasteiger charge is -2.36. The number of fused-ring (bicyclic) bond motifs is 1. The van der Waals surface area contributed by atoms with E-state index in [2.05, 4.69) is 23.8 Å². The van der Waals surface area contributed by atoms with Crippen molar-refractivity contribution in [1.29, 1.82) is 0 Å². The molecule has 2 aliphatic rings. The summed E-state index contributed by atoms with van der Waals surface area (Å²) in [5.41, 5.74) is 1.68. The summed E-state index contributed by atoms with van der Waals surface area (Å²) in [6.07, 6.45) is 0.874. The maximum atomic E-state index is 12.8. The molecule has 0 aromatic carbocycles. The van der Waals surface area contributed by atoms with E-state index in [1.807, 2.05) is 6.92 Å².